The van der Waals surface area contributed by atoms with Crippen LogP contribution in [0, 0.1) is 0 Å². The maximum Gasteiger partial charge on any atom is 0.120 e. The molecule has 0 unspecified atom stereocenters. The highest BCUT2D eigenvalue weighted by Crippen LogP contribution is 2.25. The molecular weight excluding hydrogens is 178 g/mol. The van der Waals surface area contributed by atoms with Gasteiger partial charge in [-0.05, 0) is 31.0 Å². The van der Waals surface area contributed by atoms with E-state index in [1.165, 1.54) is 12.8 Å². The molecule has 1 aromatic rings. The van der Waals surface area contributed by atoms with Gasteiger partial charge in [0.15, 0.2) is 0 Å². The first kappa shape index (κ1) is 9.34. The number of phenols is 1. The van der Waals surface area contributed by atoms with E-state index in [-0.39, 0.29) is 0 Å². The van der Waals surface area contributed by atoms with Crippen molar-refractivity contribution < 1.29 is 9.84 Å². The van der Waals surface area contributed by atoms with Crippen molar-refractivity contribution in [2.24, 2.45) is 0 Å². The third-order valence-electron chi connectivity index (χ3n) is 2.45. The Morgan fingerprint density at radius 2 is 2.29 bits per heavy atom. The highest BCUT2D eigenvalue weighted by molar-refractivity contribution is 5.39. The highest BCUT2D eigenvalue weighted by atomic mass is 16.5. The quantitative estimate of drug-likeness (QED) is 0.764. The molecule has 1 fully saturated rings. The Hall–Kier alpha value is -1.22. The number of phenolic OH excluding ortho intramolecular Hbond substituents is 1. The molecule has 0 aliphatic heterocycles. The van der Waals surface area contributed by atoms with Gasteiger partial charge >= 0.3 is 0 Å². The van der Waals surface area contributed by atoms with Crippen molar-refractivity contribution in [3.05, 3.63) is 23.8 Å². The van der Waals surface area contributed by atoms with Crippen LogP contribution in [-0.4, -0.2) is 18.3 Å². The first-order valence-corrected chi connectivity index (χ1v) is 4.89. The third-order valence-corrected chi connectivity index (χ3v) is 2.45. The second-order valence-electron chi connectivity index (χ2n) is 3.65. The molecule has 14 heavy (non-hydrogen) atoms. The maximum absolute atomic E-state index is 9.57. The number of hydrogen-bond acceptors (Lipinski definition) is 3. The fourth-order valence-electron chi connectivity index (χ4n) is 1.37. The van der Waals surface area contributed by atoms with E-state index in [1.54, 1.807) is 19.2 Å². The minimum absolute atomic E-state index is 0.332. The van der Waals surface area contributed by atoms with E-state index in [0.29, 0.717) is 18.3 Å². The highest BCUT2D eigenvalue weighted by Gasteiger charge is 2.20. The van der Waals surface area contributed by atoms with Crippen LogP contribution in [-0.2, 0) is 6.54 Å². The summed E-state index contributed by atoms with van der Waals surface area (Å²) >= 11 is 0. The van der Waals surface area contributed by atoms with Gasteiger partial charge in [-0.3, -0.25) is 0 Å². The number of aromatic hydroxyl groups is 1. The van der Waals surface area contributed by atoms with Crippen LogP contribution in [0.15, 0.2) is 18.2 Å². The van der Waals surface area contributed by atoms with Crippen molar-refractivity contribution in [3.63, 3.8) is 0 Å². The standard InChI is InChI=1S/C11H15NO2/c1-14-10-4-5-11(13)8(6-10)7-12-9-2-3-9/h4-6,9,12-13H,2-3,7H2,1H3. The molecule has 0 heterocycles. The first-order valence-electron chi connectivity index (χ1n) is 4.89. The lowest BCUT2D eigenvalue weighted by atomic mass is 10.2. The molecule has 1 aromatic carbocycles. The second-order valence-corrected chi connectivity index (χ2v) is 3.65. The number of hydrogen-bond donors (Lipinski definition) is 2. The SMILES string of the molecule is COc1ccc(O)c(CNC2CC2)c1. The van der Waals surface area contributed by atoms with Crippen molar-refractivity contribution in [1.82, 2.24) is 5.32 Å². The van der Waals surface area contributed by atoms with Crippen LogP contribution in [0.2, 0.25) is 0 Å². The molecule has 76 valence electrons. The van der Waals surface area contributed by atoms with E-state index < -0.39 is 0 Å². The van der Waals surface area contributed by atoms with E-state index in [1.807, 2.05) is 6.07 Å². The van der Waals surface area contributed by atoms with Gasteiger partial charge in [0.25, 0.3) is 0 Å². The summed E-state index contributed by atoms with van der Waals surface area (Å²) in [5, 5.41) is 12.9. The van der Waals surface area contributed by atoms with Crippen LogP contribution in [0.3, 0.4) is 0 Å². The van der Waals surface area contributed by atoms with Crippen molar-refractivity contribution in [2.45, 2.75) is 25.4 Å². The van der Waals surface area contributed by atoms with E-state index in [4.69, 9.17) is 4.74 Å². The van der Waals surface area contributed by atoms with E-state index >= 15 is 0 Å². The predicted molar refractivity (Wildman–Crippen MR) is 54.5 cm³/mol. The van der Waals surface area contributed by atoms with Crippen LogP contribution < -0.4 is 10.1 Å². The van der Waals surface area contributed by atoms with E-state index in [9.17, 15) is 5.11 Å². The number of nitrogens with one attached hydrogen (secondary N) is 1. The molecule has 0 aromatic heterocycles. The monoisotopic (exact) mass is 193 g/mol. The van der Waals surface area contributed by atoms with Gasteiger partial charge in [-0.25, -0.2) is 0 Å². The molecule has 3 nitrogen and oxygen atoms in total. The molecule has 2 N–H and O–H groups in total. The summed E-state index contributed by atoms with van der Waals surface area (Å²) in [5.74, 6) is 1.12. The fourth-order valence-corrected chi connectivity index (χ4v) is 1.37. The van der Waals surface area contributed by atoms with Crippen molar-refractivity contribution in [3.8, 4) is 11.5 Å². The first-order chi connectivity index (χ1) is 6.79. The van der Waals surface area contributed by atoms with E-state index in [0.717, 1.165) is 11.3 Å². The summed E-state index contributed by atoms with van der Waals surface area (Å²) in [5.41, 5.74) is 0.899. The molecule has 1 saturated carbocycles. The lowest BCUT2D eigenvalue weighted by Crippen LogP contribution is -2.15. The van der Waals surface area contributed by atoms with Gasteiger partial charge < -0.3 is 15.2 Å². The van der Waals surface area contributed by atoms with Crippen molar-refractivity contribution >= 4 is 0 Å². The van der Waals surface area contributed by atoms with Gasteiger partial charge in [-0.1, -0.05) is 0 Å². The summed E-state index contributed by atoms with van der Waals surface area (Å²) in [6.07, 6.45) is 2.51. The molecule has 0 saturated heterocycles. The minimum Gasteiger partial charge on any atom is -0.508 e. The van der Waals surface area contributed by atoms with Gasteiger partial charge in [-0.15, -0.1) is 0 Å². The van der Waals surface area contributed by atoms with Gasteiger partial charge in [0.2, 0.25) is 0 Å². The average molecular weight is 193 g/mol. The normalized spacial score (nSPS) is 15.5. The van der Waals surface area contributed by atoms with Crippen LogP contribution in [0.1, 0.15) is 18.4 Å². The molecule has 0 amide bonds. The lowest BCUT2D eigenvalue weighted by Gasteiger charge is -2.07. The Labute approximate surface area is 83.7 Å². The zero-order valence-corrected chi connectivity index (χ0v) is 8.29. The van der Waals surface area contributed by atoms with E-state index in [2.05, 4.69) is 5.32 Å². The smallest absolute Gasteiger partial charge is 0.120 e. The molecule has 0 spiro atoms. The van der Waals surface area contributed by atoms with Gasteiger partial charge in [-0.2, -0.15) is 0 Å². The molecule has 0 radical (unpaired) electrons. The molecule has 2 rings (SSSR count). The maximum atomic E-state index is 9.57. The Bertz CT molecular complexity index is 321. The lowest BCUT2D eigenvalue weighted by molar-refractivity contribution is 0.410. The molecule has 0 atom stereocenters. The number of ether oxygens (including phenoxy) is 1. The Kier molecular flexibility index (Phi) is 2.59. The largest absolute Gasteiger partial charge is 0.508 e. The fraction of sp³-hybridized carbons (Fsp3) is 0.455. The summed E-state index contributed by atoms with van der Waals surface area (Å²) < 4.78 is 5.09. The van der Waals surface area contributed by atoms with Gasteiger partial charge in [0.1, 0.15) is 11.5 Å². The predicted octanol–water partition coefficient (Wildman–Crippen LogP) is 1.65. The molecule has 1 aliphatic carbocycles. The van der Waals surface area contributed by atoms with Crippen LogP contribution in [0.4, 0.5) is 0 Å². The van der Waals surface area contributed by atoms with Gasteiger partial charge in [0.05, 0.1) is 7.11 Å². The molecule has 3 heteroatoms. The van der Waals surface area contributed by atoms with Crippen molar-refractivity contribution in [2.75, 3.05) is 7.11 Å². The van der Waals surface area contributed by atoms with Crippen LogP contribution >= 0.6 is 0 Å². The summed E-state index contributed by atoms with van der Waals surface area (Å²) in [6.45, 7) is 0.716. The topological polar surface area (TPSA) is 41.5 Å². The van der Waals surface area contributed by atoms with Crippen molar-refractivity contribution in [1.29, 1.82) is 0 Å². The summed E-state index contributed by atoms with van der Waals surface area (Å²) in [7, 11) is 1.63. The van der Waals surface area contributed by atoms with Crippen LogP contribution in [0.25, 0.3) is 0 Å². The number of rotatable bonds is 4. The molecule has 1 aliphatic rings. The zero-order valence-electron chi connectivity index (χ0n) is 8.29. The number of methoxy groups -OCH3 is 1. The molecular formula is C11H15NO2. The van der Waals surface area contributed by atoms with Gasteiger partial charge in [0, 0.05) is 18.2 Å². The summed E-state index contributed by atoms with van der Waals surface area (Å²) in [4.78, 5) is 0. The minimum atomic E-state index is 0.332. The average Bonchev–Trinajstić information content (AvgIpc) is 3.00. The second kappa shape index (κ2) is 3.88. The Morgan fingerprint density at radius 3 is 2.93 bits per heavy atom. The number of benzene rings is 1. The Balaban J connectivity index is 2.04. The third kappa shape index (κ3) is 2.17. The molecule has 0 bridgehead atoms. The van der Waals surface area contributed by atoms with Crippen LogP contribution in [0.5, 0.6) is 11.5 Å². The zero-order chi connectivity index (χ0) is 9.97. The Morgan fingerprint density at radius 1 is 1.50 bits per heavy atom. The summed E-state index contributed by atoms with van der Waals surface area (Å²) in [6, 6.07) is 5.95.